The van der Waals surface area contributed by atoms with Crippen molar-refractivity contribution in [3.63, 3.8) is 0 Å². The van der Waals surface area contributed by atoms with E-state index in [9.17, 15) is 14.4 Å². The zero-order chi connectivity index (χ0) is 37.3. The van der Waals surface area contributed by atoms with Crippen LogP contribution in [0.1, 0.15) is 188 Å². The third kappa shape index (κ3) is 38.2. The summed E-state index contributed by atoms with van der Waals surface area (Å²) in [6.45, 7) is 6.36. The van der Waals surface area contributed by atoms with Crippen molar-refractivity contribution in [3.05, 3.63) is 60.8 Å². The van der Waals surface area contributed by atoms with Crippen molar-refractivity contribution < 1.29 is 28.6 Å². The molecule has 0 heterocycles. The van der Waals surface area contributed by atoms with E-state index >= 15 is 0 Å². The Balaban J connectivity index is 4.49. The molecule has 1 unspecified atom stereocenters. The number of unbranched alkanes of at least 4 members (excludes halogenated alkanes) is 15. The van der Waals surface area contributed by atoms with Gasteiger partial charge in [0.15, 0.2) is 6.10 Å². The quantitative estimate of drug-likeness (QED) is 0.0278. The lowest BCUT2D eigenvalue weighted by Gasteiger charge is -2.18. The number of carbonyl (C=O) groups is 3. The maximum absolute atomic E-state index is 12.6. The molecule has 0 aromatic heterocycles. The van der Waals surface area contributed by atoms with Crippen LogP contribution >= 0.6 is 0 Å². The van der Waals surface area contributed by atoms with Crippen LogP contribution in [-0.4, -0.2) is 37.2 Å². The average Bonchev–Trinajstić information content (AvgIpc) is 3.12. The van der Waals surface area contributed by atoms with Gasteiger partial charge in [0.25, 0.3) is 0 Å². The molecule has 0 aliphatic heterocycles. The van der Waals surface area contributed by atoms with Gasteiger partial charge in [0.1, 0.15) is 13.2 Å². The van der Waals surface area contributed by atoms with Gasteiger partial charge in [0.2, 0.25) is 0 Å². The van der Waals surface area contributed by atoms with Gasteiger partial charge >= 0.3 is 17.9 Å². The first-order chi connectivity index (χ1) is 25.0. The maximum atomic E-state index is 12.6. The fraction of sp³-hybridized carbons (Fsp3) is 0.711. The lowest BCUT2D eigenvalue weighted by Crippen LogP contribution is -2.30. The SMILES string of the molecule is CC/C=C\C/C=C\C/C=C\CCCCC(=O)OCC(COC(=O)CCC/C=C\CCCCCC)OC(=O)CCCCCCC/C=C\CCCCC. The van der Waals surface area contributed by atoms with Crippen LogP contribution in [0.2, 0.25) is 0 Å². The van der Waals surface area contributed by atoms with Crippen LogP contribution in [0, 0.1) is 0 Å². The third-order valence-electron chi connectivity index (χ3n) is 8.48. The monoisotopic (exact) mass is 713 g/mol. The fourth-order valence-electron chi connectivity index (χ4n) is 5.33. The van der Waals surface area contributed by atoms with E-state index in [1.807, 2.05) is 0 Å². The van der Waals surface area contributed by atoms with E-state index in [2.05, 4.69) is 81.5 Å². The highest BCUT2D eigenvalue weighted by atomic mass is 16.6. The van der Waals surface area contributed by atoms with Crippen molar-refractivity contribution in [3.8, 4) is 0 Å². The highest BCUT2D eigenvalue weighted by Crippen LogP contribution is 2.11. The summed E-state index contributed by atoms with van der Waals surface area (Å²) in [5.74, 6) is -0.997. The molecule has 0 radical (unpaired) electrons. The first-order valence-electron chi connectivity index (χ1n) is 20.8. The second kappa shape index (κ2) is 39.9. The van der Waals surface area contributed by atoms with Crippen LogP contribution in [0.4, 0.5) is 0 Å². The molecule has 0 aromatic carbocycles. The van der Waals surface area contributed by atoms with E-state index in [1.165, 1.54) is 57.8 Å². The van der Waals surface area contributed by atoms with E-state index in [0.717, 1.165) is 83.5 Å². The summed E-state index contributed by atoms with van der Waals surface area (Å²) >= 11 is 0. The van der Waals surface area contributed by atoms with E-state index in [-0.39, 0.29) is 31.1 Å². The van der Waals surface area contributed by atoms with Gasteiger partial charge in [0.05, 0.1) is 0 Å². The molecule has 0 fully saturated rings. The minimum atomic E-state index is -0.800. The molecule has 0 rings (SSSR count). The van der Waals surface area contributed by atoms with Gasteiger partial charge in [-0.25, -0.2) is 0 Å². The predicted molar refractivity (Wildman–Crippen MR) is 215 cm³/mol. The van der Waals surface area contributed by atoms with Crippen molar-refractivity contribution in [2.45, 2.75) is 194 Å². The molecule has 0 saturated heterocycles. The number of hydrogen-bond acceptors (Lipinski definition) is 6. The van der Waals surface area contributed by atoms with Crippen molar-refractivity contribution in [2.75, 3.05) is 13.2 Å². The van der Waals surface area contributed by atoms with Gasteiger partial charge in [-0.05, 0) is 96.3 Å². The van der Waals surface area contributed by atoms with Crippen LogP contribution in [0.15, 0.2) is 60.8 Å². The summed E-state index contributed by atoms with van der Waals surface area (Å²) in [6.07, 6.45) is 46.4. The average molecular weight is 713 g/mol. The van der Waals surface area contributed by atoms with Crippen LogP contribution in [-0.2, 0) is 28.6 Å². The Hall–Kier alpha value is -2.89. The Kier molecular flexibility index (Phi) is 37.6. The summed E-state index contributed by atoms with van der Waals surface area (Å²) in [6, 6.07) is 0. The molecule has 0 bridgehead atoms. The van der Waals surface area contributed by atoms with Crippen LogP contribution in [0.3, 0.4) is 0 Å². The molecular weight excluding hydrogens is 636 g/mol. The number of rotatable bonds is 36. The molecule has 0 aliphatic rings. The van der Waals surface area contributed by atoms with Crippen molar-refractivity contribution in [2.24, 2.45) is 0 Å². The Morgan fingerprint density at radius 1 is 0.412 bits per heavy atom. The molecule has 1 atom stereocenters. The van der Waals surface area contributed by atoms with Gasteiger partial charge in [0, 0.05) is 19.3 Å². The smallest absolute Gasteiger partial charge is 0.306 e. The van der Waals surface area contributed by atoms with E-state index in [0.29, 0.717) is 25.7 Å². The molecule has 0 spiro atoms. The van der Waals surface area contributed by atoms with E-state index in [4.69, 9.17) is 14.2 Å². The molecule has 0 aromatic rings. The summed E-state index contributed by atoms with van der Waals surface area (Å²) in [5.41, 5.74) is 0. The molecule has 0 N–H and O–H groups in total. The number of ether oxygens (including phenoxy) is 3. The summed E-state index contributed by atoms with van der Waals surface area (Å²) in [4.78, 5) is 37.5. The Bertz CT molecular complexity index is 960. The largest absolute Gasteiger partial charge is 0.462 e. The van der Waals surface area contributed by atoms with Crippen LogP contribution in [0.25, 0.3) is 0 Å². The molecule has 292 valence electrons. The van der Waals surface area contributed by atoms with Crippen molar-refractivity contribution >= 4 is 17.9 Å². The van der Waals surface area contributed by atoms with Crippen molar-refractivity contribution in [1.82, 2.24) is 0 Å². The highest BCUT2D eigenvalue weighted by Gasteiger charge is 2.19. The maximum Gasteiger partial charge on any atom is 0.306 e. The third-order valence-corrected chi connectivity index (χ3v) is 8.48. The first-order valence-corrected chi connectivity index (χ1v) is 20.8. The van der Waals surface area contributed by atoms with Crippen molar-refractivity contribution in [1.29, 1.82) is 0 Å². The number of carbonyl (C=O) groups excluding carboxylic acids is 3. The second-order valence-electron chi connectivity index (χ2n) is 13.5. The molecule has 0 saturated carbocycles. The van der Waals surface area contributed by atoms with Crippen LogP contribution < -0.4 is 0 Å². The number of allylic oxidation sites excluding steroid dienone is 10. The lowest BCUT2D eigenvalue weighted by atomic mass is 10.1. The summed E-state index contributed by atoms with van der Waals surface area (Å²) in [7, 11) is 0. The van der Waals surface area contributed by atoms with Gasteiger partial charge in [-0.1, -0.05) is 133 Å². The van der Waals surface area contributed by atoms with E-state index in [1.54, 1.807) is 0 Å². The van der Waals surface area contributed by atoms with Gasteiger partial charge in [-0.15, -0.1) is 0 Å². The summed E-state index contributed by atoms with van der Waals surface area (Å²) in [5, 5.41) is 0. The van der Waals surface area contributed by atoms with Gasteiger partial charge in [-0.3, -0.25) is 14.4 Å². The first kappa shape index (κ1) is 48.1. The van der Waals surface area contributed by atoms with Crippen LogP contribution in [0.5, 0.6) is 0 Å². The topological polar surface area (TPSA) is 78.9 Å². The summed E-state index contributed by atoms with van der Waals surface area (Å²) < 4.78 is 16.5. The molecule has 0 amide bonds. The minimum absolute atomic E-state index is 0.106. The molecule has 0 aliphatic carbocycles. The zero-order valence-corrected chi connectivity index (χ0v) is 33.1. The highest BCUT2D eigenvalue weighted by molar-refractivity contribution is 5.71. The Morgan fingerprint density at radius 2 is 0.784 bits per heavy atom. The standard InChI is InChI=1S/C45H76O6/c1-4-7-10-13-16-19-21-23-26-29-32-35-38-44(47)50-41-42(40-49-43(46)37-34-31-28-25-18-15-12-9-6-3)51-45(48)39-36-33-30-27-24-22-20-17-14-11-8-5-2/h7,10,16-17,19-20,23,25-26,28,42H,4-6,8-9,11-15,18,21-22,24,27,29-41H2,1-3H3/b10-7-,19-16-,20-17-,26-23-,28-25-. The Morgan fingerprint density at radius 3 is 1.37 bits per heavy atom. The van der Waals surface area contributed by atoms with Gasteiger partial charge in [-0.2, -0.15) is 0 Å². The van der Waals surface area contributed by atoms with Gasteiger partial charge < -0.3 is 14.2 Å². The molecule has 6 nitrogen and oxygen atoms in total. The lowest BCUT2D eigenvalue weighted by molar-refractivity contribution is -0.167. The fourth-order valence-corrected chi connectivity index (χ4v) is 5.33. The molecule has 6 heteroatoms. The zero-order valence-electron chi connectivity index (χ0n) is 33.1. The number of esters is 3. The minimum Gasteiger partial charge on any atom is -0.462 e. The Labute approximate surface area is 313 Å². The molecular formula is C45H76O6. The van der Waals surface area contributed by atoms with E-state index < -0.39 is 6.10 Å². The predicted octanol–water partition coefficient (Wildman–Crippen LogP) is 13.0. The molecule has 51 heavy (non-hydrogen) atoms. The normalized spacial score (nSPS) is 12.6. The second-order valence-corrected chi connectivity index (χ2v) is 13.5. The number of hydrogen-bond donors (Lipinski definition) is 0.